The number of phosphoric acid groups is 2. The van der Waals surface area contributed by atoms with Crippen molar-refractivity contribution in [3.63, 3.8) is 0 Å². The van der Waals surface area contributed by atoms with Crippen molar-refractivity contribution in [3.05, 3.63) is 11.6 Å². The lowest BCUT2D eigenvalue weighted by atomic mass is 9.96. The minimum Gasteiger partial charge on any atom is -0.394 e. The summed E-state index contributed by atoms with van der Waals surface area (Å²) in [5.74, 6) is -0.980. The highest BCUT2D eigenvalue weighted by molar-refractivity contribution is 7.61. The van der Waals surface area contributed by atoms with Crippen molar-refractivity contribution in [2.45, 2.75) is 97.6 Å². The molecule has 0 aliphatic carbocycles. The number of carbonyl (C=O) groups is 2. The smallest absolute Gasteiger partial charge is 0.394 e. The molecule has 0 aromatic rings. The molecule has 0 bridgehead atoms. The summed E-state index contributed by atoms with van der Waals surface area (Å²) in [5, 5.41) is 22.5. The van der Waals surface area contributed by atoms with Gasteiger partial charge in [0.05, 0.1) is 13.2 Å². The van der Waals surface area contributed by atoms with Gasteiger partial charge in [-0.15, -0.1) is 0 Å². The molecular weight excluding hydrogens is 548 g/mol. The minimum absolute atomic E-state index is 0.132. The summed E-state index contributed by atoms with van der Waals surface area (Å²) in [6.07, 6.45) is -3.38. The van der Waals surface area contributed by atoms with E-state index in [0.717, 1.165) is 19.8 Å². The van der Waals surface area contributed by atoms with Gasteiger partial charge in [0, 0.05) is 6.92 Å². The van der Waals surface area contributed by atoms with Crippen molar-refractivity contribution in [1.29, 1.82) is 0 Å². The average Bonchev–Trinajstić information content (AvgIpc) is 2.76. The van der Waals surface area contributed by atoms with Gasteiger partial charge in [-0.2, -0.15) is 4.31 Å². The second kappa shape index (κ2) is 15.7. The van der Waals surface area contributed by atoms with Crippen LogP contribution in [0.2, 0.25) is 0 Å². The van der Waals surface area contributed by atoms with E-state index in [2.05, 4.69) is 15.7 Å². The van der Waals surface area contributed by atoms with Crippen LogP contribution in [0.15, 0.2) is 11.6 Å². The Morgan fingerprint density at radius 3 is 2.24 bits per heavy atom. The zero-order chi connectivity index (χ0) is 29.3. The first-order chi connectivity index (χ1) is 17.5. The first-order valence-corrected chi connectivity index (χ1v) is 15.2. The first-order valence-electron chi connectivity index (χ1n) is 12.2. The highest BCUT2D eigenvalue weighted by atomic mass is 31.3. The zero-order valence-corrected chi connectivity index (χ0v) is 24.3. The van der Waals surface area contributed by atoms with E-state index in [-0.39, 0.29) is 12.5 Å². The highest BCUT2D eigenvalue weighted by Crippen LogP contribution is 2.61. The fourth-order valence-corrected chi connectivity index (χ4v) is 5.68. The van der Waals surface area contributed by atoms with Gasteiger partial charge in [-0.3, -0.25) is 18.6 Å². The van der Waals surface area contributed by atoms with E-state index in [1.165, 1.54) is 19.4 Å². The second-order valence-corrected chi connectivity index (χ2v) is 12.5. The van der Waals surface area contributed by atoms with Gasteiger partial charge in [0.2, 0.25) is 5.91 Å². The predicted octanol–water partition coefficient (Wildman–Crippen LogP) is 1.96. The molecule has 5 N–H and O–H groups in total. The summed E-state index contributed by atoms with van der Waals surface area (Å²) in [7, 11) is -10.5. The van der Waals surface area contributed by atoms with Crippen molar-refractivity contribution in [2.24, 2.45) is 5.92 Å². The van der Waals surface area contributed by atoms with Crippen LogP contribution in [0.4, 0.5) is 0 Å². The number of amides is 1. The Morgan fingerprint density at radius 1 is 1.08 bits per heavy atom. The molecule has 9 unspecified atom stereocenters. The number of carbonyl (C=O) groups excluding carboxylic acids is 2. The maximum Gasteiger partial charge on any atom is 0.483 e. The molecular formula is C22H41NO13P2. The minimum atomic E-state index is -5.40. The lowest BCUT2D eigenvalue weighted by Gasteiger charge is -2.44. The Balaban J connectivity index is 2.94. The maximum atomic E-state index is 12.6. The van der Waals surface area contributed by atoms with Gasteiger partial charge in [0.15, 0.2) is 12.1 Å². The average molecular weight is 590 g/mol. The molecule has 14 nitrogen and oxygen atoms in total. The van der Waals surface area contributed by atoms with Crippen LogP contribution >= 0.6 is 15.6 Å². The van der Waals surface area contributed by atoms with E-state index in [1.54, 1.807) is 0 Å². The Labute approximate surface area is 222 Å². The molecule has 0 spiro atoms. The highest BCUT2D eigenvalue weighted by Gasteiger charge is 2.51. The summed E-state index contributed by atoms with van der Waals surface area (Å²) in [5.41, 5.74) is 1.18. The summed E-state index contributed by atoms with van der Waals surface area (Å²) in [4.78, 5) is 43.6. The number of hydrogen-bond donors (Lipinski definition) is 5. The first kappa shape index (κ1) is 35.0. The van der Waals surface area contributed by atoms with Crippen LogP contribution in [-0.2, 0) is 41.6 Å². The number of allylic oxidation sites excluding steroid dienone is 2. The number of aliphatic hydroxyl groups excluding tert-OH is 2. The maximum absolute atomic E-state index is 12.6. The van der Waals surface area contributed by atoms with E-state index >= 15 is 0 Å². The van der Waals surface area contributed by atoms with E-state index in [4.69, 9.17) is 18.5 Å². The lowest BCUT2D eigenvalue weighted by Crippen LogP contribution is -2.65. The van der Waals surface area contributed by atoms with Crippen molar-refractivity contribution in [3.8, 4) is 0 Å². The van der Waals surface area contributed by atoms with Crippen LogP contribution in [-0.4, -0.2) is 81.7 Å². The molecule has 1 aliphatic rings. The van der Waals surface area contributed by atoms with E-state index in [0.29, 0.717) is 6.42 Å². The summed E-state index contributed by atoms with van der Waals surface area (Å²) >= 11 is 0. The molecule has 0 aromatic heterocycles. The van der Waals surface area contributed by atoms with Crippen LogP contribution in [0, 0.1) is 5.92 Å². The number of aliphatic hydroxyl groups is 2. The Kier molecular flexibility index (Phi) is 14.4. The molecule has 16 heteroatoms. The normalized spacial score (nSPS) is 28.4. The van der Waals surface area contributed by atoms with Gasteiger partial charge < -0.3 is 34.8 Å². The quantitative estimate of drug-likeness (QED) is 0.129. The third kappa shape index (κ3) is 12.4. The largest absolute Gasteiger partial charge is 0.483 e. The van der Waals surface area contributed by atoms with E-state index in [9.17, 15) is 38.7 Å². The fourth-order valence-electron chi connectivity index (χ4n) is 3.51. The molecule has 9 atom stereocenters. The molecule has 1 amide bonds. The van der Waals surface area contributed by atoms with Gasteiger partial charge in [0.1, 0.15) is 30.5 Å². The van der Waals surface area contributed by atoms with Gasteiger partial charge in [-0.25, -0.2) is 9.13 Å². The number of rotatable bonds is 16. The molecule has 1 aliphatic heterocycles. The van der Waals surface area contributed by atoms with E-state index in [1.807, 2.05) is 20.8 Å². The fraction of sp³-hybridized carbons (Fsp3) is 0.818. The molecule has 38 heavy (non-hydrogen) atoms. The Bertz CT molecular complexity index is 910. The molecule has 1 heterocycles. The number of hydrogen-bond acceptors (Lipinski definition) is 11. The monoisotopic (exact) mass is 589 g/mol. The summed E-state index contributed by atoms with van der Waals surface area (Å²) in [6, 6.07) is -1.49. The molecule has 0 aromatic carbocycles. The zero-order valence-electron chi connectivity index (χ0n) is 22.5. The molecule has 0 radical (unpaired) electrons. The predicted molar refractivity (Wildman–Crippen MR) is 135 cm³/mol. The summed E-state index contributed by atoms with van der Waals surface area (Å²) < 4.78 is 49.9. The number of phosphoric ester groups is 2. The number of Topliss-reactive ketones (excluding diaryl/α,β-unsaturated/α-hetero) is 1. The topological polar surface area (TPSA) is 207 Å². The van der Waals surface area contributed by atoms with Crippen LogP contribution in [0.3, 0.4) is 0 Å². The molecule has 0 saturated carbocycles. The van der Waals surface area contributed by atoms with Crippen LogP contribution in [0.5, 0.6) is 0 Å². The van der Waals surface area contributed by atoms with Gasteiger partial charge >= 0.3 is 15.6 Å². The third-order valence-corrected chi connectivity index (χ3v) is 8.31. The van der Waals surface area contributed by atoms with Crippen molar-refractivity contribution in [1.82, 2.24) is 5.32 Å². The second-order valence-electron chi connectivity index (χ2n) is 9.51. The third-order valence-electron chi connectivity index (χ3n) is 5.68. The van der Waals surface area contributed by atoms with Crippen molar-refractivity contribution < 1.29 is 61.6 Å². The van der Waals surface area contributed by atoms with Gasteiger partial charge in [-0.1, -0.05) is 18.6 Å². The number of ketones is 1. The Hall–Kier alpha value is -1.02. The Morgan fingerprint density at radius 2 is 1.71 bits per heavy atom. The van der Waals surface area contributed by atoms with Gasteiger partial charge in [-0.05, 0) is 52.9 Å². The van der Waals surface area contributed by atoms with Crippen LogP contribution in [0.1, 0.15) is 60.8 Å². The summed E-state index contributed by atoms with van der Waals surface area (Å²) in [6.45, 7) is 8.53. The van der Waals surface area contributed by atoms with Crippen molar-refractivity contribution in [2.75, 3.05) is 13.2 Å². The standard InChI is InChI=1S/C22H41NO13P2/c1-13(2)8-7-9-14(3)10-11-32-37(28,29)36-38(30,31)35-22-19(23-17(6)26)21(33-16(5)15(4)25)20(27)18(12-24)34-22/h8,14,16,18-22,24,27H,7,9-12H2,1-6H3,(H,23,26)(H,28,29)(H,30,31). The van der Waals surface area contributed by atoms with Crippen LogP contribution < -0.4 is 5.32 Å². The molecule has 1 rings (SSSR count). The van der Waals surface area contributed by atoms with E-state index < -0.39 is 70.7 Å². The number of nitrogens with one attached hydrogen (secondary N) is 1. The van der Waals surface area contributed by atoms with Crippen LogP contribution in [0.25, 0.3) is 0 Å². The van der Waals surface area contributed by atoms with Gasteiger partial charge in [0.25, 0.3) is 0 Å². The molecule has 1 fully saturated rings. The number of ether oxygens (including phenoxy) is 2. The SMILES string of the molecule is CC(=O)NC1C(OP(=O)(O)OP(=O)(O)OCCC(C)CCC=C(C)C)OC(CO)C(O)C1OC(C)C(C)=O. The molecule has 222 valence electrons. The lowest BCUT2D eigenvalue weighted by molar-refractivity contribution is -0.260. The van der Waals surface area contributed by atoms with Crippen molar-refractivity contribution >= 4 is 27.3 Å². The molecule has 1 saturated heterocycles.